The van der Waals surface area contributed by atoms with Crippen molar-refractivity contribution in [1.82, 2.24) is 9.21 Å². The molecule has 0 unspecified atom stereocenters. The number of piperidine rings is 1. The molecule has 34 heavy (non-hydrogen) atoms. The summed E-state index contributed by atoms with van der Waals surface area (Å²) >= 11 is 0. The van der Waals surface area contributed by atoms with Gasteiger partial charge in [0.15, 0.2) is 11.5 Å². The van der Waals surface area contributed by atoms with Gasteiger partial charge < -0.3 is 14.4 Å². The molecule has 1 amide bonds. The molecule has 0 aromatic heterocycles. The molecule has 8 heteroatoms. The lowest BCUT2D eigenvalue weighted by Crippen LogP contribution is -2.44. The van der Waals surface area contributed by atoms with Crippen LogP contribution >= 0.6 is 0 Å². The summed E-state index contributed by atoms with van der Waals surface area (Å²) in [7, 11) is -3.57. The molecule has 0 bridgehead atoms. The Kier molecular flexibility index (Phi) is 6.92. The molecule has 7 nitrogen and oxygen atoms in total. The molecule has 2 aliphatic heterocycles. The lowest BCUT2D eigenvalue weighted by molar-refractivity contribution is -0.137. The van der Waals surface area contributed by atoms with Crippen LogP contribution in [0.15, 0.2) is 47.4 Å². The predicted octanol–water partition coefficient (Wildman–Crippen LogP) is 4.16. The van der Waals surface area contributed by atoms with Crippen LogP contribution < -0.4 is 9.47 Å². The van der Waals surface area contributed by atoms with Gasteiger partial charge in [0.1, 0.15) is 0 Å². The normalized spacial score (nSPS) is 17.1. The molecule has 2 aromatic carbocycles. The molecule has 2 aromatic rings. The molecule has 184 valence electrons. The maximum atomic E-state index is 13.2. The Balaban J connectivity index is 1.37. The summed E-state index contributed by atoms with van der Waals surface area (Å²) in [6.07, 6.45) is 1.05. The number of hydrogen-bond donors (Lipinski definition) is 0. The van der Waals surface area contributed by atoms with Gasteiger partial charge in [-0.2, -0.15) is 4.31 Å². The molecule has 0 radical (unpaired) electrons. The highest BCUT2D eigenvalue weighted by Crippen LogP contribution is 2.33. The second kappa shape index (κ2) is 9.58. The van der Waals surface area contributed by atoms with Gasteiger partial charge in [-0.25, -0.2) is 8.42 Å². The number of amides is 1. The van der Waals surface area contributed by atoms with Crippen molar-refractivity contribution in [3.05, 3.63) is 53.6 Å². The Morgan fingerprint density at radius 2 is 1.68 bits per heavy atom. The van der Waals surface area contributed by atoms with Gasteiger partial charge >= 0.3 is 0 Å². The monoisotopic (exact) mass is 486 g/mol. The van der Waals surface area contributed by atoms with Crippen molar-refractivity contribution < 1.29 is 22.7 Å². The minimum absolute atomic E-state index is 0.0350. The quantitative estimate of drug-likeness (QED) is 0.613. The largest absolute Gasteiger partial charge is 0.454 e. The Hall–Kier alpha value is -2.58. The van der Waals surface area contributed by atoms with Crippen LogP contribution in [0.1, 0.15) is 51.7 Å². The topological polar surface area (TPSA) is 76.2 Å². The van der Waals surface area contributed by atoms with Gasteiger partial charge in [0.05, 0.1) is 4.90 Å². The maximum absolute atomic E-state index is 13.2. The minimum Gasteiger partial charge on any atom is -0.454 e. The van der Waals surface area contributed by atoms with Crippen molar-refractivity contribution in [2.24, 2.45) is 5.92 Å². The van der Waals surface area contributed by atoms with Gasteiger partial charge in [0, 0.05) is 32.1 Å². The van der Waals surface area contributed by atoms with Crippen LogP contribution in [-0.4, -0.2) is 50.0 Å². The van der Waals surface area contributed by atoms with Crippen molar-refractivity contribution in [3.63, 3.8) is 0 Å². The summed E-state index contributed by atoms with van der Waals surface area (Å²) in [6.45, 7) is 10.3. The molecule has 1 fully saturated rings. The fourth-order valence-electron chi connectivity index (χ4n) is 4.48. The van der Waals surface area contributed by atoms with E-state index in [0.29, 0.717) is 49.7 Å². The molecule has 2 heterocycles. The third-order valence-corrected chi connectivity index (χ3v) is 8.58. The van der Waals surface area contributed by atoms with E-state index < -0.39 is 10.0 Å². The molecule has 0 N–H and O–H groups in total. The Morgan fingerprint density at radius 1 is 1.03 bits per heavy atom. The average molecular weight is 487 g/mol. The van der Waals surface area contributed by atoms with E-state index in [1.54, 1.807) is 12.1 Å². The smallest absolute Gasteiger partial charge is 0.243 e. The molecule has 1 saturated heterocycles. The maximum Gasteiger partial charge on any atom is 0.243 e. The van der Waals surface area contributed by atoms with Crippen LogP contribution in [-0.2, 0) is 26.8 Å². The number of hydrogen-bond acceptors (Lipinski definition) is 5. The molecule has 0 aliphatic carbocycles. The van der Waals surface area contributed by atoms with E-state index in [1.165, 1.54) is 4.31 Å². The molecule has 4 rings (SSSR count). The molecular formula is C26H34N2O5S. The SMILES string of the molecule is CCN(Cc1ccc2c(c1)OCO2)C(=O)C1CCN(S(=O)(=O)c2ccc(C(C)(C)C)cc2)CC1. The van der Waals surface area contributed by atoms with Gasteiger partial charge in [-0.3, -0.25) is 4.79 Å². The van der Waals surface area contributed by atoms with Crippen LogP contribution in [0, 0.1) is 5.92 Å². The highest BCUT2D eigenvalue weighted by atomic mass is 32.2. The van der Waals surface area contributed by atoms with Crippen molar-refractivity contribution in [3.8, 4) is 11.5 Å². The summed E-state index contributed by atoms with van der Waals surface area (Å²) in [6, 6.07) is 12.9. The number of benzene rings is 2. The van der Waals surface area contributed by atoms with Crippen molar-refractivity contribution in [2.45, 2.75) is 57.4 Å². The third-order valence-electron chi connectivity index (χ3n) is 6.67. The van der Waals surface area contributed by atoms with Crippen molar-refractivity contribution in [2.75, 3.05) is 26.4 Å². The van der Waals surface area contributed by atoms with E-state index in [-0.39, 0.29) is 24.0 Å². The van der Waals surface area contributed by atoms with Crippen LogP contribution in [0.4, 0.5) is 0 Å². The number of carbonyl (C=O) groups excluding carboxylic acids is 1. The zero-order chi connectivity index (χ0) is 24.5. The Morgan fingerprint density at radius 3 is 2.29 bits per heavy atom. The van der Waals surface area contributed by atoms with Gasteiger partial charge in [-0.1, -0.05) is 39.0 Å². The van der Waals surface area contributed by atoms with Crippen LogP contribution in [0.3, 0.4) is 0 Å². The fraction of sp³-hybridized carbons (Fsp3) is 0.500. The lowest BCUT2D eigenvalue weighted by atomic mass is 9.87. The van der Waals surface area contributed by atoms with Crippen LogP contribution in [0.5, 0.6) is 11.5 Å². The van der Waals surface area contributed by atoms with Crippen molar-refractivity contribution >= 4 is 15.9 Å². The predicted molar refractivity (Wildman–Crippen MR) is 130 cm³/mol. The Labute approximate surface area is 202 Å². The van der Waals surface area contributed by atoms with Gasteiger partial charge in [0.25, 0.3) is 0 Å². The number of fused-ring (bicyclic) bond motifs is 1. The number of carbonyl (C=O) groups is 1. The second-order valence-corrected chi connectivity index (χ2v) is 11.9. The molecular weight excluding hydrogens is 452 g/mol. The molecule has 0 saturated carbocycles. The van der Waals surface area contributed by atoms with E-state index in [1.807, 2.05) is 42.2 Å². The first-order valence-corrected chi connectivity index (χ1v) is 13.3. The van der Waals surface area contributed by atoms with E-state index >= 15 is 0 Å². The standard InChI is InChI=1S/C26H34N2O5S/c1-5-27(17-19-6-11-23-24(16-19)33-18-32-23)25(29)20-12-14-28(15-13-20)34(30,31)22-9-7-21(8-10-22)26(2,3)4/h6-11,16,20H,5,12-15,17-18H2,1-4H3. The summed E-state index contributed by atoms with van der Waals surface area (Å²) in [5.74, 6) is 1.32. The zero-order valence-electron chi connectivity index (χ0n) is 20.4. The number of nitrogens with zero attached hydrogens (tertiary/aromatic N) is 2. The molecule has 2 aliphatic rings. The van der Waals surface area contributed by atoms with Crippen LogP contribution in [0.2, 0.25) is 0 Å². The fourth-order valence-corrected chi connectivity index (χ4v) is 5.95. The van der Waals surface area contributed by atoms with Gasteiger partial charge in [0.2, 0.25) is 22.7 Å². The lowest BCUT2D eigenvalue weighted by Gasteiger charge is -2.33. The number of rotatable bonds is 6. The van der Waals surface area contributed by atoms with E-state index in [9.17, 15) is 13.2 Å². The zero-order valence-corrected chi connectivity index (χ0v) is 21.2. The highest BCUT2D eigenvalue weighted by molar-refractivity contribution is 7.89. The van der Waals surface area contributed by atoms with E-state index in [0.717, 1.165) is 16.9 Å². The third kappa shape index (κ3) is 5.08. The van der Waals surface area contributed by atoms with Crippen LogP contribution in [0.25, 0.3) is 0 Å². The Bertz CT molecular complexity index is 1130. The molecule has 0 spiro atoms. The van der Waals surface area contributed by atoms with Crippen molar-refractivity contribution in [1.29, 1.82) is 0 Å². The summed E-state index contributed by atoms with van der Waals surface area (Å²) in [4.78, 5) is 15.4. The second-order valence-electron chi connectivity index (χ2n) is 9.99. The van der Waals surface area contributed by atoms with E-state index in [4.69, 9.17) is 9.47 Å². The first kappa shape index (κ1) is 24.5. The van der Waals surface area contributed by atoms with Gasteiger partial charge in [-0.15, -0.1) is 0 Å². The van der Waals surface area contributed by atoms with E-state index in [2.05, 4.69) is 20.8 Å². The minimum atomic E-state index is -3.57. The summed E-state index contributed by atoms with van der Waals surface area (Å²) in [5, 5.41) is 0. The first-order chi connectivity index (χ1) is 16.1. The van der Waals surface area contributed by atoms with Gasteiger partial charge in [-0.05, 0) is 60.6 Å². The average Bonchev–Trinajstić information content (AvgIpc) is 3.29. The summed E-state index contributed by atoms with van der Waals surface area (Å²) < 4.78 is 38.6. The number of ether oxygens (including phenoxy) is 2. The molecule has 0 atom stereocenters. The first-order valence-electron chi connectivity index (χ1n) is 11.9. The number of sulfonamides is 1. The highest BCUT2D eigenvalue weighted by Gasteiger charge is 2.34. The summed E-state index contributed by atoms with van der Waals surface area (Å²) in [5.41, 5.74) is 2.04.